The Hall–Kier alpha value is -4.72. The second-order valence-electron chi connectivity index (χ2n) is 8.51. The summed E-state index contributed by atoms with van der Waals surface area (Å²) in [5, 5.41) is 13.3. The minimum atomic E-state index is -0.384. The molecule has 200 valence electrons. The van der Waals surface area contributed by atoms with Gasteiger partial charge >= 0.3 is 7.62 Å². The molecule has 13 nitrogen and oxygen atoms in total. The normalized spacial score (nSPS) is 11.0. The monoisotopic (exact) mass is 521 g/mol. The van der Waals surface area contributed by atoms with E-state index in [1.165, 1.54) is 0 Å². The number of nitrogens with one attached hydrogen (secondary N) is 4. The van der Waals surface area contributed by atoms with E-state index in [0.717, 1.165) is 12.0 Å². The number of aldehydes is 1. The van der Waals surface area contributed by atoms with Crippen LogP contribution in [0.15, 0.2) is 54.7 Å². The Kier molecular flexibility index (Phi) is 9.16. The lowest BCUT2D eigenvalue weighted by atomic mass is 10.2. The third kappa shape index (κ3) is 6.73. The lowest BCUT2D eigenvalue weighted by molar-refractivity contribution is 0.0945. The summed E-state index contributed by atoms with van der Waals surface area (Å²) in [6.07, 6.45) is 7.49. The van der Waals surface area contributed by atoms with E-state index in [9.17, 15) is 14.4 Å². The molecule has 0 fully saturated rings. The first-order chi connectivity index (χ1) is 18.2. The van der Waals surface area contributed by atoms with E-state index in [1.54, 1.807) is 96.9 Å². The maximum atomic E-state index is 12.8. The predicted molar refractivity (Wildman–Crippen MR) is 149 cm³/mol. The van der Waals surface area contributed by atoms with Gasteiger partial charge < -0.3 is 39.1 Å². The van der Waals surface area contributed by atoms with Crippen LogP contribution in [0, 0.1) is 0 Å². The molecule has 0 aliphatic rings. The molecule has 0 radical (unpaired) electrons. The number of amides is 2. The number of aryl methyl sites for hydroxylation is 3. The maximum absolute atomic E-state index is 12.8. The average Bonchev–Trinajstić information content (AvgIpc) is 3.57. The lowest BCUT2D eigenvalue weighted by Crippen LogP contribution is -2.32. The molecule has 14 heteroatoms. The van der Waals surface area contributed by atoms with Gasteiger partial charge in [0.05, 0.1) is 23.6 Å². The number of amidine groups is 1. The Morgan fingerprint density at radius 2 is 1.66 bits per heavy atom. The third-order valence-electron chi connectivity index (χ3n) is 5.74. The van der Waals surface area contributed by atoms with Gasteiger partial charge in [-0.25, -0.2) is 5.43 Å². The van der Waals surface area contributed by atoms with Gasteiger partial charge in [-0.2, -0.15) is 5.10 Å². The van der Waals surface area contributed by atoms with Gasteiger partial charge in [0.25, 0.3) is 11.8 Å². The molecule has 0 aromatic carbocycles. The van der Waals surface area contributed by atoms with Crippen LogP contribution in [0.3, 0.4) is 0 Å². The second kappa shape index (κ2) is 12.5. The van der Waals surface area contributed by atoms with Gasteiger partial charge in [-0.05, 0) is 24.4 Å². The van der Waals surface area contributed by atoms with Crippen molar-refractivity contribution >= 4 is 48.6 Å². The van der Waals surface area contributed by atoms with Gasteiger partial charge in [0, 0.05) is 59.6 Å². The van der Waals surface area contributed by atoms with E-state index in [4.69, 9.17) is 4.65 Å². The first-order valence-electron chi connectivity index (χ1n) is 11.6. The van der Waals surface area contributed by atoms with Crippen LogP contribution in [-0.4, -0.2) is 70.9 Å². The molecule has 0 aliphatic heterocycles. The summed E-state index contributed by atoms with van der Waals surface area (Å²) in [4.78, 5) is 38.2. The van der Waals surface area contributed by atoms with Gasteiger partial charge in [0.15, 0.2) is 6.29 Å². The van der Waals surface area contributed by atoms with Crippen LogP contribution in [-0.2, 0) is 25.8 Å². The number of hydrazone groups is 1. The summed E-state index contributed by atoms with van der Waals surface area (Å²) in [6, 6.07) is 4.99. The number of anilines is 3. The number of carbonyl (C=O) groups is 3. The van der Waals surface area contributed by atoms with Gasteiger partial charge in [0.2, 0.25) is 0 Å². The molecule has 0 spiro atoms. The Morgan fingerprint density at radius 1 is 1.03 bits per heavy atom. The Balaban J connectivity index is 1.66. The molecule has 2 amide bonds. The number of aromatic nitrogens is 3. The molecule has 0 atom stereocenters. The molecule has 4 N–H and O–H groups in total. The molecule has 0 aliphatic carbocycles. The molecule has 3 heterocycles. The fourth-order valence-electron chi connectivity index (χ4n) is 3.59. The molecular formula is C24H32BN9O4. The summed E-state index contributed by atoms with van der Waals surface area (Å²) >= 11 is 0. The van der Waals surface area contributed by atoms with Crippen molar-refractivity contribution < 1.29 is 19.0 Å². The Labute approximate surface area is 221 Å². The van der Waals surface area contributed by atoms with Crippen molar-refractivity contribution in [3.05, 3.63) is 66.7 Å². The van der Waals surface area contributed by atoms with Crippen molar-refractivity contribution in [2.45, 2.75) is 0 Å². The minimum absolute atomic E-state index is 0.239. The molecular weight excluding hydrogens is 489 g/mol. The molecule has 3 rings (SSSR count). The molecule has 0 saturated carbocycles. The fraction of sp³-hybridized carbons (Fsp3) is 0.250. The van der Waals surface area contributed by atoms with Gasteiger partial charge in [-0.15, -0.1) is 0 Å². The zero-order valence-electron chi connectivity index (χ0n) is 22.1. The summed E-state index contributed by atoms with van der Waals surface area (Å²) in [5.74, 6) is -0.221. The Bertz CT molecular complexity index is 1350. The van der Waals surface area contributed by atoms with Crippen LogP contribution in [0.2, 0.25) is 0 Å². The summed E-state index contributed by atoms with van der Waals surface area (Å²) in [6.45, 7) is 4.00. The summed E-state index contributed by atoms with van der Waals surface area (Å²) in [7, 11) is 8.89. The number of carbonyl (C=O) groups excluding carboxylic acids is 3. The van der Waals surface area contributed by atoms with Crippen LogP contribution < -0.4 is 21.3 Å². The second-order valence-corrected chi connectivity index (χ2v) is 8.51. The first kappa shape index (κ1) is 27.9. The highest BCUT2D eigenvalue weighted by molar-refractivity contribution is 6.32. The van der Waals surface area contributed by atoms with E-state index in [0.29, 0.717) is 41.9 Å². The highest BCUT2D eigenvalue weighted by Gasteiger charge is 2.16. The molecule has 0 bridgehead atoms. The number of nitrogens with zero attached hydrogens (tertiary/aromatic N) is 5. The Morgan fingerprint density at radius 3 is 2.29 bits per heavy atom. The predicted octanol–water partition coefficient (Wildman–Crippen LogP) is 1.32. The van der Waals surface area contributed by atoms with Crippen LogP contribution in [0.1, 0.15) is 31.5 Å². The topological polar surface area (TPSA) is 139 Å². The van der Waals surface area contributed by atoms with Crippen molar-refractivity contribution in [1.82, 2.24) is 24.0 Å². The fourth-order valence-corrected chi connectivity index (χ4v) is 3.59. The molecule has 3 aromatic rings. The zero-order valence-corrected chi connectivity index (χ0v) is 22.1. The smallest absolute Gasteiger partial charge is 0.393 e. The van der Waals surface area contributed by atoms with Gasteiger partial charge in [0.1, 0.15) is 17.2 Å². The van der Waals surface area contributed by atoms with E-state index < -0.39 is 0 Å². The number of hydrogen-bond donors (Lipinski definition) is 4. The number of hydrogen-bond acceptors (Lipinski definition) is 7. The molecule has 0 unspecified atom stereocenters. The number of rotatable bonds is 12. The van der Waals surface area contributed by atoms with Gasteiger partial charge in [-0.3, -0.25) is 14.4 Å². The van der Waals surface area contributed by atoms with Crippen LogP contribution >= 0.6 is 0 Å². The largest absolute Gasteiger partial charge is 0.422 e. The third-order valence-corrected chi connectivity index (χ3v) is 5.74. The highest BCUT2D eigenvalue weighted by Crippen LogP contribution is 2.17. The molecule has 38 heavy (non-hydrogen) atoms. The summed E-state index contributed by atoms with van der Waals surface area (Å²) in [5.41, 5.74) is 5.80. The van der Waals surface area contributed by atoms with Crippen LogP contribution in [0.4, 0.5) is 17.1 Å². The van der Waals surface area contributed by atoms with Crippen molar-refractivity contribution in [1.29, 1.82) is 0 Å². The summed E-state index contributed by atoms with van der Waals surface area (Å²) < 4.78 is 9.99. The zero-order chi connectivity index (χ0) is 27.8. The lowest BCUT2D eigenvalue weighted by Gasteiger charge is -2.17. The highest BCUT2D eigenvalue weighted by atomic mass is 16.4. The average molecular weight is 521 g/mol. The van der Waals surface area contributed by atoms with Crippen molar-refractivity contribution in [2.24, 2.45) is 26.2 Å². The van der Waals surface area contributed by atoms with Crippen LogP contribution in [0.25, 0.3) is 0 Å². The van der Waals surface area contributed by atoms with E-state index in [2.05, 4.69) is 33.0 Å². The van der Waals surface area contributed by atoms with Crippen LogP contribution in [0.5, 0.6) is 0 Å². The van der Waals surface area contributed by atoms with Crippen molar-refractivity contribution in [3.63, 3.8) is 0 Å². The first-order valence-corrected chi connectivity index (χ1v) is 11.6. The standard InChI is InChI=1S/C24H32BN9O4/c1-7-31(2)22(29-30-24(37)21-10-18(14-34(21)5)28-25-38-6)11-26-16-9-20(33(4)12-16)23(36)27-17-8-19(15-35)32(3)13-17/h7-10,12-15,25-26,28H,1,11H2,2-6H3,(H,27,36)(H,30,37)/b29-22-. The maximum Gasteiger partial charge on any atom is 0.393 e. The van der Waals surface area contributed by atoms with E-state index in [-0.39, 0.29) is 18.4 Å². The van der Waals surface area contributed by atoms with Crippen molar-refractivity contribution in [2.75, 3.05) is 36.6 Å². The quantitative estimate of drug-likeness (QED) is 0.0927. The van der Waals surface area contributed by atoms with Crippen molar-refractivity contribution in [3.8, 4) is 0 Å². The van der Waals surface area contributed by atoms with Gasteiger partial charge in [-0.1, -0.05) is 6.58 Å². The van der Waals surface area contributed by atoms with E-state index >= 15 is 0 Å². The SMILES string of the molecule is C=CN(C)/C(CNc1cc(C(=O)Nc2cc(C=O)n(C)c2)n(C)c1)=N\NC(=O)c1cc(NBOC)cn1C. The minimum Gasteiger partial charge on any atom is -0.422 e. The number of likely N-dealkylation sites (N-methyl/N-ethyl adjacent to an activating group) is 1. The molecule has 3 aromatic heterocycles. The van der Waals surface area contributed by atoms with E-state index in [1.807, 2.05) is 0 Å². The molecule has 0 saturated heterocycles.